The van der Waals surface area contributed by atoms with Crippen LogP contribution in [0.1, 0.15) is 11.1 Å². The van der Waals surface area contributed by atoms with E-state index in [2.05, 4.69) is 20.4 Å². The van der Waals surface area contributed by atoms with Gasteiger partial charge in [-0.05, 0) is 42.7 Å². The lowest BCUT2D eigenvalue weighted by Gasteiger charge is -2.01. The van der Waals surface area contributed by atoms with Crippen molar-refractivity contribution < 1.29 is 0 Å². The van der Waals surface area contributed by atoms with Gasteiger partial charge in [-0.3, -0.25) is 4.98 Å². The number of nitrogens with one attached hydrogen (secondary N) is 1. The van der Waals surface area contributed by atoms with Crippen LogP contribution in [0.5, 0.6) is 0 Å². The molecule has 3 aromatic rings. The maximum atomic E-state index is 4.47. The van der Waals surface area contributed by atoms with E-state index in [4.69, 9.17) is 0 Å². The molecular weight excluding hydrogens is 238 g/mol. The normalized spacial score (nSPS) is 10.8. The third-order valence-electron chi connectivity index (χ3n) is 3.00. The zero-order valence-corrected chi connectivity index (χ0v) is 10.7. The first-order valence-electron chi connectivity index (χ1n) is 6.28. The molecule has 96 valence electrons. The molecule has 5 heteroatoms. The van der Waals surface area contributed by atoms with Gasteiger partial charge >= 0.3 is 0 Å². The molecule has 0 aliphatic carbocycles. The molecule has 0 amide bonds. The van der Waals surface area contributed by atoms with Gasteiger partial charge in [0, 0.05) is 25.1 Å². The molecule has 0 aromatic carbocycles. The average Bonchev–Trinajstić information content (AvgIpc) is 2.84. The number of pyridine rings is 2. The Morgan fingerprint density at radius 3 is 2.84 bits per heavy atom. The fourth-order valence-corrected chi connectivity index (χ4v) is 1.98. The quantitative estimate of drug-likeness (QED) is 0.773. The smallest absolute Gasteiger partial charge is 0.243 e. The minimum Gasteiger partial charge on any atom is -0.353 e. The van der Waals surface area contributed by atoms with Crippen molar-refractivity contribution in [1.29, 1.82) is 0 Å². The number of hydrogen-bond acceptors (Lipinski definition) is 4. The zero-order chi connectivity index (χ0) is 13.1. The van der Waals surface area contributed by atoms with Crippen LogP contribution in [0.3, 0.4) is 0 Å². The lowest BCUT2D eigenvalue weighted by atomic mass is 10.2. The van der Waals surface area contributed by atoms with Crippen LogP contribution >= 0.6 is 0 Å². The summed E-state index contributed by atoms with van der Waals surface area (Å²) in [6, 6.07) is 8.04. The van der Waals surface area contributed by atoms with Gasteiger partial charge in [-0.15, -0.1) is 5.10 Å². The minimum absolute atomic E-state index is 0.670. The van der Waals surface area contributed by atoms with Crippen LogP contribution in [-0.2, 0) is 6.42 Å². The highest BCUT2D eigenvalue weighted by molar-refractivity contribution is 5.49. The van der Waals surface area contributed by atoms with Gasteiger partial charge in [-0.2, -0.15) is 4.98 Å². The minimum atomic E-state index is 0.670. The number of anilines is 1. The van der Waals surface area contributed by atoms with Crippen LogP contribution in [-0.4, -0.2) is 26.1 Å². The molecule has 0 bridgehead atoms. The summed E-state index contributed by atoms with van der Waals surface area (Å²) >= 11 is 0. The number of hydrogen-bond donors (Lipinski definition) is 1. The number of aromatic nitrogens is 4. The average molecular weight is 253 g/mol. The molecule has 0 atom stereocenters. The van der Waals surface area contributed by atoms with E-state index in [-0.39, 0.29) is 0 Å². The predicted octanol–water partition coefficient (Wildman–Crippen LogP) is 2.09. The second kappa shape index (κ2) is 5.06. The van der Waals surface area contributed by atoms with Crippen molar-refractivity contribution in [3.63, 3.8) is 0 Å². The summed E-state index contributed by atoms with van der Waals surface area (Å²) in [5, 5.41) is 7.63. The molecule has 0 fully saturated rings. The SMILES string of the molecule is Cc1cccn2nc(NCCc3ccncc3)nc12. The second-order valence-electron chi connectivity index (χ2n) is 4.43. The summed E-state index contributed by atoms with van der Waals surface area (Å²) in [5.41, 5.74) is 3.27. The summed E-state index contributed by atoms with van der Waals surface area (Å²) < 4.78 is 1.80. The summed E-state index contributed by atoms with van der Waals surface area (Å²) in [7, 11) is 0. The van der Waals surface area contributed by atoms with Gasteiger partial charge in [0.05, 0.1) is 0 Å². The van der Waals surface area contributed by atoms with Gasteiger partial charge < -0.3 is 5.32 Å². The molecule has 0 spiro atoms. The zero-order valence-electron chi connectivity index (χ0n) is 10.7. The Labute approximate surface area is 111 Å². The Morgan fingerprint density at radius 1 is 1.21 bits per heavy atom. The van der Waals surface area contributed by atoms with Gasteiger partial charge in [-0.25, -0.2) is 4.52 Å². The van der Waals surface area contributed by atoms with E-state index in [0.717, 1.165) is 24.2 Å². The van der Waals surface area contributed by atoms with Gasteiger partial charge in [0.25, 0.3) is 0 Å². The van der Waals surface area contributed by atoms with Crippen LogP contribution in [0.4, 0.5) is 5.95 Å². The van der Waals surface area contributed by atoms with Gasteiger partial charge in [0.2, 0.25) is 5.95 Å². The molecule has 3 aromatic heterocycles. The van der Waals surface area contributed by atoms with Crippen molar-refractivity contribution in [1.82, 2.24) is 19.6 Å². The van der Waals surface area contributed by atoms with Crippen molar-refractivity contribution in [3.05, 3.63) is 54.0 Å². The molecule has 0 saturated carbocycles. The van der Waals surface area contributed by atoms with Crippen molar-refractivity contribution >= 4 is 11.6 Å². The molecule has 0 saturated heterocycles. The first kappa shape index (κ1) is 11.6. The van der Waals surface area contributed by atoms with Crippen LogP contribution in [0.25, 0.3) is 5.65 Å². The van der Waals surface area contributed by atoms with E-state index in [1.807, 2.05) is 49.8 Å². The van der Waals surface area contributed by atoms with Crippen LogP contribution in [0, 0.1) is 6.92 Å². The standard InChI is InChI=1S/C14H15N5/c1-11-3-2-10-19-13(11)17-14(18-19)16-9-6-12-4-7-15-8-5-12/h2-5,7-8,10H,6,9H2,1H3,(H,16,18). The predicted molar refractivity (Wildman–Crippen MR) is 74.2 cm³/mol. The fraction of sp³-hybridized carbons (Fsp3) is 0.214. The Kier molecular flexibility index (Phi) is 3.10. The highest BCUT2D eigenvalue weighted by Gasteiger charge is 2.04. The van der Waals surface area contributed by atoms with Crippen LogP contribution in [0.15, 0.2) is 42.9 Å². The number of nitrogens with zero attached hydrogens (tertiary/aromatic N) is 4. The summed E-state index contributed by atoms with van der Waals surface area (Å²) in [4.78, 5) is 8.47. The molecule has 1 N–H and O–H groups in total. The van der Waals surface area contributed by atoms with E-state index >= 15 is 0 Å². The van der Waals surface area contributed by atoms with Crippen molar-refractivity contribution in [2.75, 3.05) is 11.9 Å². The fourth-order valence-electron chi connectivity index (χ4n) is 1.98. The number of rotatable bonds is 4. The molecule has 0 unspecified atom stereocenters. The third kappa shape index (κ3) is 2.54. The Bertz CT molecular complexity index is 675. The monoisotopic (exact) mass is 253 g/mol. The molecule has 5 nitrogen and oxygen atoms in total. The van der Waals surface area contributed by atoms with Crippen molar-refractivity contribution in [2.45, 2.75) is 13.3 Å². The second-order valence-corrected chi connectivity index (χ2v) is 4.43. The van der Waals surface area contributed by atoms with E-state index in [1.54, 1.807) is 4.52 Å². The first-order chi connectivity index (χ1) is 9.33. The van der Waals surface area contributed by atoms with E-state index in [1.165, 1.54) is 5.56 Å². The van der Waals surface area contributed by atoms with Crippen LogP contribution < -0.4 is 5.32 Å². The molecule has 19 heavy (non-hydrogen) atoms. The van der Waals surface area contributed by atoms with E-state index < -0.39 is 0 Å². The van der Waals surface area contributed by atoms with Gasteiger partial charge in [-0.1, -0.05) is 6.07 Å². The maximum Gasteiger partial charge on any atom is 0.243 e. The third-order valence-corrected chi connectivity index (χ3v) is 3.00. The molecule has 3 rings (SSSR count). The largest absolute Gasteiger partial charge is 0.353 e. The van der Waals surface area contributed by atoms with Gasteiger partial charge in [0.15, 0.2) is 5.65 Å². The Hall–Kier alpha value is -2.43. The molecular formula is C14H15N5. The summed E-state index contributed by atoms with van der Waals surface area (Å²) in [6.45, 7) is 2.84. The lowest BCUT2D eigenvalue weighted by Crippen LogP contribution is -2.06. The Balaban J connectivity index is 1.67. The molecule has 3 heterocycles. The summed E-state index contributed by atoms with van der Waals surface area (Å²) in [6.07, 6.45) is 6.45. The summed E-state index contributed by atoms with van der Waals surface area (Å²) in [5.74, 6) is 0.670. The topological polar surface area (TPSA) is 55.1 Å². The lowest BCUT2D eigenvalue weighted by molar-refractivity contribution is 0.934. The highest BCUT2D eigenvalue weighted by atomic mass is 15.3. The molecule has 0 radical (unpaired) electrons. The van der Waals surface area contributed by atoms with Crippen molar-refractivity contribution in [2.24, 2.45) is 0 Å². The van der Waals surface area contributed by atoms with Gasteiger partial charge in [0.1, 0.15) is 0 Å². The molecule has 0 aliphatic rings. The van der Waals surface area contributed by atoms with E-state index in [0.29, 0.717) is 5.95 Å². The Morgan fingerprint density at radius 2 is 2.05 bits per heavy atom. The molecule has 0 aliphatic heterocycles. The van der Waals surface area contributed by atoms with Crippen LogP contribution in [0.2, 0.25) is 0 Å². The number of aryl methyl sites for hydroxylation is 1. The number of fused-ring (bicyclic) bond motifs is 1. The first-order valence-corrected chi connectivity index (χ1v) is 6.28. The maximum absolute atomic E-state index is 4.47. The highest BCUT2D eigenvalue weighted by Crippen LogP contribution is 2.09. The van der Waals surface area contributed by atoms with E-state index in [9.17, 15) is 0 Å². The van der Waals surface area contributed by atoms with Crippen molar-refractivity contribution in [3.8, 4) is 0 Å².